The number of fused-ring (bicyclic) bond motifs is 1. The molecule has 0 bridgehead atoms. The average Bonchev–Trinajstić information content (AvgIpc) is 3.17. The first-order chi connectivity index (χ1) is 11.0. The van der Waals surface area contributed by atoms with Crippen LogP contribution in [-0.4, -0.2) is 65.5 Å². The molecule has 0 N–H and O–H groups in total. The van der Waals surface area contributed by atoms with Gasteiger partial charge in [0.05, 0.1) is 19.6 Å². The minimum Gasteiger partial charge on any atom is -0.439 e. The Hall–Kier alpha value is -2.08. The Morgan fingerprint density at radius 3 is 2.52 bits per heavy atom. The molecule has 0 aromatic heterocycles. The lowest BCUT2D eigenvalue weighted by atomic mass is 10.0. The van der Waals surface area contributed by atoms with Gasteiger partial charge in [-0.2, -0.15) is 0 Å². The summed E-state index contributed by atoms with van der Waals surface area (Å²) in [6, 6.07) is 8.33. The number of carbonyl (C=O) groups is 2. The summed E-state index contributed by atoms with van der Waals surface area (Å²) in [6.07, 6.45) is 0.448. The summed E-state index contributed by atoms with van der Waals surface area (Å²) in [6.45, 7) is 3.85. The van der Waals surface area contributed by atoms with E-state index < -0.39 is 5.60 Å². The van der Waals surface area contributed by atoms with Crippen molar-refractivity contribution >= 4 is 12.0 Å². The van der Waals surface area contributed by atoms with E-state index in [1.54, 1.807) is 11.9 Å². The maximum atomic E-state index is 12.6. The van der Waals surface area contributed by atoms with E-state index in [2.05, 4.69) is 17.0 Å². The maximum Gasteiger partial charge on any atom is 0.410 e. The third-order valence-electron chi connectivity index (χ3n) is 5.08. The topological polar surface area (TPSA) is 53.1 Å². The molecule has 23 heavy (non-hydrogen) atoms. The van der Waals surface area contributed by atoms with Crippen LogP contribution in [0.1, 0.15) is 17.5 Å². The quantitative estimate of drug-likeness (QED) is 0.819. The minimum absolute atomic E-state index is 0.125. The number of rotatable bonds is 2. The molecule has 2 fully saturated rings. The third kappa shape index (κ3) is 2.57. The number of ether oxygens (including phenoxy) is 1. The molecule has 3 aliphatic rings. The van der Waals surface area contributed by atoms with Gasteiger partial charge in [0.1, 0.15) is 0 Å². The van der Waals surface area contributed by atoms with Crippen LogP contribution in [0.2, 0.25) is 0 Å². The summed E-state index contributed by atoms with van der Waals surface area (Å²) in [7, 11) is 1.74. The number of benzene rings is 1. The molecule has 4 rings (SSSR count). The average molecular weight is 315 g/mol. The van der Waals surface area contributed by atoms with Crippen LogP contribution in [-0.2, 0) is 22.6 Å². The lowest BCUT2D eigenvalue weighted by molar-refractivity contribution is -0.132. The maximum absolute atomic E-state index is 12.6. The molecule has 2 amide bonds. The van der Waals surface area contributed by atoms with Crippen molar-refractivity contribution in [2.45, 2.75) is 25.1 Å². The highest BCUT2D eigenvalue weighted by atomic mass is 16.6. The van der Waals surface area contributed by atoms with Gasteiger partial charge in [-0.15, -0.1) is 0 Å². The van der Waals surface area contributed by atoms with Crippen molar-refractivity contribution in [1.29, 1.82) is 0 Å². The SMILES string of the molecule is CN1C[C@@]2(CCN(C(=O)CN3Cc4ccccc4C3)C2)OC1=O. The second-order valence-corrected chi connectivity index (χ2v) is 6.89. The van der Waals surface area contributed by atoms with Crippen LogP contribution in [0.3, 0.4) is 0 Å². The van der Waals surface area contributed by atoms with E-state index in [9.17, 15) is 9.59 Å². The molecule has 6 heteroatoms. The van der Waals surface area contributed by atoms with Gasteiger partial charge in [-0.25, -0.2) is 4.79 Å². The number of nitrogens with zero attached hydrogens (tertiary/aromatic N) is 3. The Balaban J connectivity index is 1.36. The summed E-state index contributed by atoms with van der Waals surface area (Å²) in [5.41, 5.74) is 2.13. The summed E-state index contributed by atoms with van der Waals surface area (Å²) in [5.74, 6) is 0.125. The number of hydrogen-bond donors (Lipinski definition) is 0. The zero-order valence-electron chi connectivity index (χ0n) is 13.3. The molecule has 1 atom stereocenters. The molecule has 122 valence electrons. The van der Waals surface area contributed by atoms with Gasteiger partial charge in [-0.3, -0.25) is 9.69 Å². The zero-order chi connectivity index (χ0) is 16.0. The van der Waals surface area contributed by atoms with Crippen LogP contribution in [0.5, 0.6) is 0 Å². The monoisotopic (exact) mass is 315 g/mol. The molecule has 0 aliphatic carbocycles. The second-order valence-electron chi connectivity index (χ2n) is 6.89. The minimum atomic E-state index is -0.491. The van der Waals surface area contributed by atoms with Gasteiger partial charge in [0.2, 0.25) is 5.91 Å². The van der Waals surface area contributed by atoms with E-state index in [-0.39, 0.29) is 12.0 Å². The van der Waals surface area contributed by atoms with Crippen LogP contribution < -0.4 is 0 Å². The van der Waals surface area contributed by atoms with Crippen molar-refractivity contribution in [3.05, 3.63) is 35.4 Å². The highest BCUT2D eigenvalue weighted by Crippen LogP contribution is 2.32. The van der Waals surface area contributed by atoms with Gasteiger partial charge in [-0.1, -0.05) is 24.3 Å². The van der Waals surface area contributed by atoms with Crippen LogP contribution in [0.4, 0.5) is 4.79 Å². The Morgan fingerprint density at radius 2 is 1.91 bits per heavy atom. The molecule has 0 unspecified atom stereocenters. The van der Waals surface area contributed by atoms with Gasteiger partial charge in [0, 0.05) is 33.1 Å². The van der Waals surface area contributed by atoms with Crippen molar-refractivity contribution in [2.24, 2.45) is 0 Å². The molecule has 1 aromatic rings. The highest BCUT2D eigenvalue weighted by Gasteiger charge is 2.49. The van der Waals surface area contributed by atoms with E-state index >= 15 is 0 Å². The zero-order valence-corrected chi connectivity index (χ0v) is 13.3. The van der Waals surface area contributed by atoms with Crippen LogP contribution in [0.25, 0.3) is 0 Å². The normalized spacial score (nSPS) is 26.9. The van der Waals surface area contributed by atoms with Gasteiger partial charge in [0.25, 0.3) is 0 Å². The molecular formula is C17H21N3O3. The first kappa shape index (κ1) is 14.5. The molecule has 1 aromatic carbocycles. The Bertz CT molecular complexity index is 637. The summed E-state index contributed by atoms with van der Waals surface area (Å²) >= 11 is 0. The third-order valence-corrected chi connectivity index (χ3v) is 5.08. The number of amides is 2. The Labute approximate surface area is 135 Å². The molecule has 6 nitrogen and oxygen atoms in total. The van der Waals surface area contributed by atoms with Crippen molar-refractivity contribution in [2.75, 3.05) is 33.2 Å². The lowest BCUT2D eigenvalue weighted by Gasteiger charge is -2.23. The number of carbonyl (C=O) groups excluding carboxylic acids is 2. The largest absolute Gasteiger partial charge is 0.439 e. The van der Waals surface area contributed by atoms with E-state index in [1.165, 1.54) is 11.1 Å². The summed E-state index contributed by atoms with van der Waals surface area (Å²) < 4.78 is 5.50. The van der Waals surface area contributed by atoms with Crippen molar-refractivity contribution in [1.82, 2.24) is 14.7 Å². The fourth-order valence-corrected chi connectivity index (χ4v) is 3.87. The second kappa shape index (κ2) is 5.23. The predicted octanol–water partition coefficient (Wildman–Crippen LogP) is 1.06. The van der Waals surface area contributed by atoms with Crippen molar-refractivity contribution < 1.29 is 14.3 Å². The standard InChI is InChI=1S/C17H21N3O3/c1-18-11-17(23-16(18)22)6-7-20(12-17)15(21)10-19-8-13-4-2-3-5-14(13)9-19/h2-5H,6-12H2,1H3/t17-/m1/s1. The van der Waals surface area contributed by atoms with E-state index in [0.717, 1.165) is 19.5 Å². The van der Waals surface area contributed by atoms with E-state index in [1.807, 2.05) is 17.0 Å². The van der Waals surface area contributed by atoms with Gasteiger partial charge >= 0.3 is 6.09 Å². The Kier molecular flexibility index (Phi) is 3.30. The first-order valence-electron chi connectivity index (χ1n) is 8.06. The van der Waals surface area contributed by atoms with Crippen LogP contribution in [0, 0.1) is 0 Å². The lowest BCUT2D eigenvalue weighted by Crippen LogP contribution is -2.42. The van der Waals surface area contributed by atoms with Gasteiger partial charge < -0.3 is 14.5 Å². The molecule has 0 saturated carbocycles. The van der Waals surface area contributed by atoms with Crippen LogP contribution in [0.15, 0.2) is 24.3 Å². The van der Waals surface area contributed by atoms with Crippen molar-refractivity contribution in [3.63, 3.8) is 0 Å². The number of likely N-dealkylation sites (tertiary alicyclic amines) is 1. The molecule has 1 spiro atoms. The summed E-state index contributed by atoms with van der Waals surface area (Å²) in [5, 5.41) is 0. The molecular weight excluding hydrogens is 294 g/mol. The highest BCUT2D eigenvalue weighted by molar-refractivity contribution is 5.79. The fraction of sp³-hybridized carbons (Fsp3) is 0.529. The van der Waals surface area contributed by atoms with E-state index in [4.69, 9.17) is 4.74 Å². The fourth-order valence-electron chi connectivity index (χ4n) is 3.87. The van der Waals surface area contributed by atoms with Crippen LogP contribution >= 0.6 is 0 Å². The van der Waals surface area contributed by atoms with Crippen molar-refractivity contribution in [3.8, 4) is 0 Å². The number of likely N-dealkylation sites (N-methyl/N-ethyl adjacent to an activating group) is 1. The Morgan fingerprint density at radius 1 is 1.22 bits per heavy atom. The molecule has 2 saturated heterocycles. The van der Waals surface area contributed by atoms with Gasteiger partial charge in [-0.05, 0) is 11.1 Å². The van der Waals surface area contributed by atoms with E-state index in [0.29, 0.717) is 26.2 Å². The summed E-state index contributed by atoms with van der Waals surface area (Å²) in [4.78, 5) is 29.8. The molecule has 3 heterocycles. The predicted molar refractivity (Wildman–Crippen MR) is 83.6 cm³/mol. The van der Waals surface area contributed by atoms with Gasteiger partial charge in [0.15, 0.2) is 5.60 Å². The molecule has 0 radical (unpaired) electrons. The smallest absolute Gasteiger partial charge is 0.410 e. The number of hydrogen-bond acceptors (Lipinski definition) is 4. The first-order valence-corrected chi connectivity index (χ1v) is 8.06. The molecule has 3 aliphatic heterocycles.